The predicted octanol–water partition coefficient (Wildman–Crippen LogP) is 2.50. The number of nitrogens with one attached hydrogen (secondary N) is 2. The van der Waals surface area contributed by atoms with E-state index in [0.29, 0.717) is 6.04 Å². The first-order valence-electron chi connectivity index (χ1n) is 6.82. The molecule has 0 spiro atoms. The normalized spacial score (nSPS) is 18.2. The minimum atomic E-state index is -0.00795. The maximum atomic E-state index is 11.1. The molecule has 0 aliphatic heterocycles. The van der Waals surface area contributed by atoms with Gasteiger partial charge in [0.1, 0.15) is 0 Å². The van der Waals surface area contributed by atoms with Crippen molar-refractivity contribution in [2.24, 2.45) is 0 Å². The van der Waals surface area contributed by atoms with Crippen LogP contribution < -0.4 is 10.6 Å². The molecule has 0 saturated carbocycles. The van der Waals surface area contributed by atoms with Gasteiger partial charge in [0, 0.05) is 18.7 Å². The first-order valence-corrected chi connectivity index (χ1v) is 6.82. The Labute approximate surface area is 109 Å². The van der Waals surface area contributed by atoms with Crippen LogP contribution >= 0.6 is 0 Å². The number of hydrogen-bond donors (Lipinski definition) is 2. The molecule has 2 N–H and O–H groups in total. The summed E-state index contributed by atoms with van der Waals surface area (Å²) in [5, 5.41) is 6.44. The van der Waals surface area contributed by atoms with Crippen LogP contribution in [0.2, 0.25) is 0 Å². The average molecular weight is 246 g/mol. The molecule has 1 aliphatic carbocycles. The van der Waals surface area contributed by atoms with E-state index in [1.807, 2.05) is 6.07 Å². The van der Waals surface area contributed by atoms with Gasteiger partial charge < -0.3 is 10.6 Å². The van der Waals surface area contributed by atoms with Crippen molar-refractivity contribution >= 4 is 11.6 Å². The van der Waals surface area contributed by atoms with Gasteiger partial charge in [0.2, 0.25) is 5.91 Å². The van der Waals surface area contributed by atoms with Gasteiger partial charge >= 0.3 is 0 Å². The third kappa shape index (κ3) is 3.33. The van der Waals surface area contributed by atoms with Crippen LogP contribution in [0.5, 0.6) is 0 Å². The van der Waals surface area contributed by atoms with Crippen LogP contribution in [0.25, 0.3) is 0 Å². The molecule has 1 amide bonds. The largest absolute Gasteiger partial charge is 0.326 e. The number of hydrogen-bond acceptors (Lipinski definition) is 2. The van der Waals surface area contributed by atoms with E-state index in [1.54, 1.807) is 6.92 Å². The summed E-state index contributed by atoms with van der Waals surface area (Å²) in [5.74, 6) is -0.00795. The summed E-state index contributed by atoms with van der Waals surface area (Å²) < 4.78 is 0. The third-order valence-corrected chi connectivity index (χ3v) is 3.44. The molecule has 0 fully saturated rings. The smallest absolute Gasteiger partial charge is 0.221 e. The molecule has 0 aromatic heterocycles. The molecule has 0 saturated heterocycles. The van der Waals surface area contributed by atoms with Crippen molar-refractivity contribution in [2.75, 3.05) is 11.9 Å². The van der Waals surface area contributed by atoms with E-state index in [4.69, 9.17) is 0 Å². The monoisotopic (exact) mass is 246 g/mol. The van der Waals surface area contributed by atoms with Crippen molar-refractivity contribution in [1.29, 1.82) is 0 Å². The van der Waals surface area contributed by atoms with Crippen LogP contribution in [0.1, 0.15) is 37.8 Å². The van der Waals surface area contributed by atoms with Gasteiger partial charge in [0.15, 0.2) is 0 Å². The molecule has 0 radical (unpaired) electrons. The predicted molar refractivity (Wildman–Crippen MR) is 74.9 cm³/mol. The molecular formula is C15H22N2O. The molecule has 18 heavy (non-hydrogen) atoms. The van der Waals surface area contributed by atoms with E-state index >= 15 is 0 Å². The molecule has 0 bridgehead atoms. The summed E-state index contributed by atoms with van der Waals surface area (Å²) in [6.07, 6.45) is 4.60. The van der Waals surface area contributed by atoms with Gasteiger partial charge in [-0.25, -0.2) is 0 Å². The number of carbonyl (C=O) groups excluding carboxylic acids is 1. The number of aryl methyl sites for hydroxylation is 1. The van der Waals surface area contributed by atoms with Crippen LogP contribution in [0, 0.1) is 0 Å². The van der Waals surface area contributed by atoms with Crippen LogP contribution in [-0.4, -0.2) is 18.5 Å². The van der Waals surface area contributed by atoms with E-state index < -0.39 is 0 Å². The quantitative estimate of drug-likeness (QED) is 0.857. The van der Waals surface area contributed by atoms with E-state index in [2.05, 4.69) is 29.7 Å². The zero-order chi connectivity index (χ0) is 13.0. The third-order valence-electron chi connectivity index (χ3n) is 3.44. The van der Waals surface area contributed by atoms with E-state index in [0.717, 1.165) is 25.1 Å². The number of carbonyl (C=O) groups is 1. The Bertz CT molecular complexity index is 429. The Morgan fingerprint density at radius 3 is 2.94 bits per heavy atom. The standard InChI is InChI=1S/C15H22N2O/c1-3-8-16-14-6-4-12-5-7-15(17-11(2)18)10-13(12)9-14/h5,7,10,14,16H,3-4,6,8-9H2,1-2H3,(H,17,18). The minimum Gasteiger partial charge on any atom is -0.326 e. The van der Waals surface area contributed by atoms with Gasteiger partial charge in [-0.3, -0.25) is 4.79 Å². The number of rotatable bonds is 4. The summed E-state index contributed by atoms with van der Waals surface area (Å²) in [5.41, 5.74) is 3.72. The zero-order valence-electron chi connectivity index (χ0n) is 11.3. The Hall–Kier alpha value is -1.35. The van der Waals surface area contributed by atoms with Crippen LogP contribution in [0.4, 0.5) is 5.69 Å². The molecule has 1 aromatic carbocycles. The molecule has 1 aliphatic rings. The molecular weight excluding hydrogens is 224 g/mol. The highest BCUT2D eigenvalue weighted by Gasteiger charge is 2.18. The number of anilines is 1. The van der Waals surface area contributed by atoms with Crippen molar-refractivity contribution in [3.8, 4) is 0 Å². The van der Waals surface area contributed by atoms with Crippen molar-refractivity contribution in [3.05, 3.63) is 29.3 Å². The Balaban J connectivity index is 2.06. The van der Waals surface area contributed by atoms with Crippen LogP contribution in [-0.2, 0) is 17.6 Å². The fourth-order valence-corrected chi connectivity index (χ4v) is 2.56. The lowest BCUT2D eigenvalue weighted by Crippen LogP contribution is -2.35. The highest BCUT2D eigenvalue weighted by molar-refractivity contribution is 5.88. The summed E-state index contributed by atoms with van der Waals surface area (Å²) in [7, 11) is 0. The summed E-state index contributed by atoms with van der Waals surface area (Å²) in [6.45, 7) is 4.83. The molecule has 1 unspecified atom stereocenters. The lowest BCUT2D eigenvalue weighted by atomic mass is 9.88. The fourth-order valence-electron chi connectivity index (χ4n) is 2.56. The number of benzene rings is 1. The highest BCUT2D eigenvalue weighted by Crippen LogP contribution is 2.24. The molecule has 0 heterocycles. The van der Waals surface area contributed by atoms with Gasteiger partial charge in [-0.15, -0.1) is 0 Å². The average Bonchev–Trinajstić information content (AvgIpc) is 2.35. The fraction of sp³-hybridized carbons (Fsp3) is 0.533. The first-order chi connectivity index (χ1) is 8.69. The Kier molecular flexibility index (Phi) is 4.37. The topological polar surface area (TPSA) is 41.1 Å². The summed E-state index contributed by atoms with van der Waals surface area (Å²) in [6, 6.07) is 6.86. The van der Waals surface area contributed by atoms with Crippen LogP contribution in [0.3, 0.4) is 0 Å². The second-order valence-corrected chi connectivity index (χ2v) is 5.06. The number of fused-ring (bicyclic) bond motifs is 1. The van der Waals surface area contributed by atoms with Crippen molar-refractivity contribution in [2.45, 2.75) is 45.6 Å². The molecule has 1 aromatic rings. The molecule has 3 heteroatoms. The Morgan fingerprint density at radius 2 is 2.22 bits per heavy atom. The zero-order valence-corrected chi connectivity index (χ0v) is 11.3. The van der Waals surface area contributed by atoms with Gasteiger partial charge in [0.05, 0.1) is 0 Å². The highest BCUT2D eigenvalue weighted by atomic mass is 16.1. The van der Waals surface area contributed by atoms with Gasteiger partial charge in [0.25, 0.3) is 0 Å². The van der Waals surface area contributed by atoms with Crippen molar-refractivity contribution in [1.82, 2.24) is 5.32 Å². The van der Waals surface area contributed by atoms with Gasteiger partial charge in [-0.2, -0.15) is 0 Å². The van der Waals surface area contributed by atoms with Gasteiger partial charge in [-0.1, -0.05) is 13.0 Å². The van der Waals surface area contributed by atoms with Crippen LogP contribution in [0.15, 0.2) is 18.2 Å². The molecule has 2 rings (SSSR count). The maximum absolute atomic E-state index is 11.1. The second kappa shape index (κ2) is 6.01. The summed E-state index contributed by atoms with van der Waals surface area (Å²) >= 11 is 0. The first kappa shape index (κ1) is 13.1. The molecule has 1 atom stereocenters. The molecule has 98 valence electrons. The summed E-state index contributed by atoms with van der Waals surface area (Å²) in [4.78, 5) is 11.1. The van der Waals surface area contributed by atoms with Crippen molar-refractivity contribution < 1.29 is 4.79 Å². The SMILES string of the molecule is CCCNC1CCc2ccc(NC(C)=O)cc2C1. The number of amides is 1. The Morgan fingerprint density at radius 1 is 1.39 bits per heavy atom. The van der Waals surface area contributed by atoms with E-state index in [-0.39, 0.29) is 5.91 Å². The van der Waals surface area contributed by atoms with Gasteiger partial charge in [-0.05, 0) is 55.5 Å². The second-order valence-electron chi connectivity index (χ2n) is 5.06. The molecule has 3 nitrogen and oxygen atoms in total. The maximum Gasteiger partial charge on any atom is 0.221 e. The van der Waals surface area contributed by atoms with E-state index in [1.165, 1.54) is 24.0 Å². The minimum absolute atomic E-state index is 0.00795. The van der Waals surface area contributed by atoms with Crippen molar-refractivity contribution in [3.63, 3.8) is 0 Å². The lowest BCUT2D eigenvalue weighted by molar-refractivity contribution is -0.114. The lowest BCUT2D eigenvalue weighted by Gasteiger charge is -2.26. The van der Waals surface area contributed by atoms with E-state index in [9.17, 15) is 4.79 Å².